The van der Waals surface area contributed by atoms with Crippen molar-refractivity contribution in [2.24, 2.45) is 0 Å². The van der Waals surface area contributed by atoms with Crippen LogP contribution in [0.15, 0.2) is 18.2 Å². The number of hydrogen-bond donors (Lipinski definition) is 1. The van der Waals surface area contributed by atoms with Crippen molar-refractivity contribution >= 4 is 24.0 Å². The van der Waals surface area contributed by atoms with Gasteiger partial charge in [0, 0.05) is 10.6 Å². The summed E-state index contributed by atoms with van der Waals surface area (Å²) in [5.74, 6) is -0.666. The third-order valence-corrected chi connectivity index (χ3v) is 2.34. The number of carbonyl (C=O) groups excluding carboxylic acids is 2. The second kappa shape index (κ2) is 6.02. The van der Waals surface area contributed by atoms with Gasteiger partial charge in [-0.1, -0.05) is 17.7 Å². The van der Waals surface area contributed by atoms with E-state index in [-0.39, 0.29) is 10.6 Å². The molecule has 104 valence electrons. The van der Waals surface area contributed by atoms with Crippen LogP contribution in [0.3, 0.4) is 0 Å². The van der Waals surface area contributed by atoms with Crippen LogP contribution in [-0.2, 0) is 9.53 Å². The zero-order chi connectivity index (χ0) is 14.6. The Morgan fingerprint density at radius 1 is 1.47 bits per heavy atom. The van der Waals surface area contributed by atoms with Gasteiger partial charge in [0.25, 0.3) is 0 Å². The molecule has 0 fully saturated rings. The molecule has 6 heteroatoms. The minimum atomic E-state index is -1.12. The van der Waals surface area contributed by atoms with Gasteiger partial charge in [0.1, 0.15) is 23.7 Å². The molecule has 0 spiro atoms. The van der Waals surface area contributed by atoms with Crippen LogP contribution in [0.1, 0.15) is 32.4 Å². The Balaban J connectivity index is 2.84. The molecule has 0 bridgehead atoms. The summed E-state index contributed by atoms with van der Waals surface area (Å²) in [4.78, 5) is 22.5. The summed E-state index contributed by atoms with van der Waals surface area (Å²) in [5.41, 5.74) is -0.666. The molecule has 0 aromatic heterocycles. The predicted octanol–water partition coefficient (Wildman–Crippen LogP) is 3.24. The highest BCUT2D eigenvalue weighted by molar-refractivity contribution is 6.30. The largest absolute Gasteiger partial charge is 0.444 e. The van der Waals surface area contributed by atoms with Gasteiger partial charge in [-0.2, -0.15) is 0 Å². The summed E-state index contributed by atoms with van der Waals surface area (Å²) in [7, 11) is 0. The van der Waals surface area contributed by atoms with Crippen LogP contribution in [0.4, 0.5) is 9.18 Å². The number of benzene rings is 1. The maximum absolute atomic E-state index is 13.6. The van der Waals surface area contributed by atoms with Crippen molar-refractivity contribution in [3.05, 3.63) is 34.6 Å². The van der Waals surface area contributed by atoms with E-state index in [9.17, 15) is 14.0 Å². The third-order valence-electron chi connectivity index (χ3n) is 2.11. The molecule has 0 aliphatic rings. The number of hydrogen-bond acceptors (Lipinski definition) is 3. The Hall–Kier alpha value is -1.62. The molecule has 19 heavy (non-hydrogen) atoms. The van der Waals surface area contributed by atoms with E-state index in [2.05, 4.69) is 5.32 Å². The maximum Gasteiger partial charge on any atom is 0.408 e. The van der Waals surface area contributed by atoms with Gasteiger partial charge in [-0.25, -0.2) is 9.18 Å². The van der Waals surface area contributed by atoms with E-state index >= 15 is 0 Å². The van der Waals surface area contributed by atoms with Gasteiger partial charge in [-0.3, -0.25) is 0 Å². The molecule has 1 aromatic carbocycles. The van der Waals surface area contributed by atoms with E-state index < -0.39 is 23.6 Å². The molecular weight excluding hydrogens is 273 g/mol. The first kappa shape index (κ1) is 15.4. The van der Waals surface area contributed by atoms with Crippen LogP contribution in [0, 0.1) is 5.82 Å². The summed E-state index contributed by atoms with van der Waals surface area (Å²) in [6, 6.07) is 2.73. The topological polar surface area (TPSA) is 55.4 Å². The Morgan fingerprint density at radius 3 is 2.58 bits per heavy atom. The fourth-order valence-corrected chi connectivity index (χ4v) is 1.53. The third kappa shape index (κ3) is 4.87. The summed E-state index contributed by atoms with van der Waals surface area (Å²) in [6.07, 6.45) is -0.366. The molecule has 1 amide bonds. The number of aldehydes is 1. The van der Waals surface area contributed by atoms with Gasteiger partial charge in [-0.15, -0.1) is 0 Å². The van der Waals surface area contributed by atoms with E-state index in [0.717, 1.165) is 6.07 Å². The molecule has 1 aromatic rings. The summed E-state index contributed by atoms with van der Waals surface area (Å²) in [5, 5.41) is 2.50. The van der Waals surface area contributed by atoms with Crippen molar-refractivity contribution in [3.63, 3.8) is 0 Å². The highest BCUT2D eigenvalue weighted by Crippen LogP contribution is 2.20. The van der Waals surface area contributed by atoms with Crippen molar-refractivity contribution in [1.29, 1.82) is 0 Å². The van der Waals surface area contributed by atoms with Crippen LogP contribution >= 0.6 is 11.6 Å². The molecule has 1 unspecified atom stereocenters. The smallest absolute Gasteiger partial charge is 0.408 e. The molecule has 1 N–H and O–H groups in total. The van der Waals surface area contributed by atoms with Gasteiger partial charge >= 0.3 is 6.09 Å². The van der Waals surface area contributed by atoms with Crippen LogP contribution in [0.5, 0.6) is 0 Å². The van der Waals surface area contributed by atoms with Crippen LogP contribution in [0.25, 0.3) is 0 Å². The molecule has 1 rings (SSSR count). The van der Waals surface area contributed by atoms with Crippen molar-refractivity contribution in [1.82, 2.24) is 5.32 Å². The molecule has 0 aliphatic carbocycles. The first-order chi connectivity index (χ1) is 8.73. The van der Waals surface area contributed by atoms with Crippen molar-refractivity contribution in [3.8, 4) is 0 Å². The highest BCUT2D eigenvalue weighted by Gasteiger charge is 2.22. The van der Waals surface area contributed by atoms with Crippen molar-refractivity contribution in [2.45, 2.75) is 32.4 Å². The zero-order valence-electron chi connectivity index (χ0n) is 10.9. The lowest BCUT2D eigenvalue weighted by Gasteiger charge is -2.21. The van der Waals surface area contributed by atoms with Gasteiger partial charge in [0.15, 0.2) is 0 Å². The molecule has 1 atom stereocenters. The number of carbonyl (C=O) groups is 2. The zero-order valence-corrected chi connectivity index (χ0v) is 11.6. The number of rotatable bonds is 3. The number of alkyl carbamates (subject to hydrolysis) is 1. The Labute approximate surface area is 115 Å². The molecular formula is C13H15ClFNO3. The molecule has 4 nitrogen and oxygen atoms in total. The van der Waals surface area contributed by atoms with Gasteiger partial charge in [-0.05, 0) is 32.9 Å². The first-order valence-electron chi connectivity index (χ1n) is 5.62. The van der Waals surface area contributed by atoms with Gasteiger partial charge < -0.3 is 14.8 Å². The van der Waals surface area contributed by atoms with Crippen molar-refractivity contribution in [2.75, 3.05) is 0 Å². The minimum absolute atomic E-state index is 0.0326. The van der Waals surface area contributed by atoms with E-state index in [4.69, 9.17) is 16.3 Å². The normalized spacial score (nSPS) is 12.7. The number of nitrogens with one attached hydrogen (secondary N) is 1. The number of ether oxygens (including phenoxy) is 1. The average Bonchev–Trinajstić information content (AvgIpc) is 2.24. The fourth-order valence-electron chi connectivity index (χ4n) is 1.37. The first-order valence-corrected chi connectivity index (χ1v) is 6.00. The maximum atomic E-state index is 13.6. The second-order valence-corrected chi connectivity index (χ2v) is 5.36. The fraction of sp³-hybridized carbons (Fsp3) is 0.385. The molecule has 0 radical (unpaired) electrons. The summed E-state index contributed by atoms with van der Waals surface area (Å²) >= 11 is 5.62. The summed E-state index contributed by atoms with van der Waals surface area (Å²) < 4.78 is 18.6. The molecule has 0 saturated carbocycles. The van der Waals surface area contributed by atoms with Gasteiger partial charge in [0.2, 0.25) is 0 Å². The van der Waals surface area contributed by atoms with Crippen LogP contribution in [-0.4, -0.2) is 18.0 Å². The van der Waals surface area contributed by atoms with E-state index in [1.165, 1.54) is 12.1 Å². The molecule has 0 aliphatic heterocycles. The van der Waals surface area contributed by atoms with Gasteiger partial charge in [0.05, 0.1) is 0 Å². The lowest BCUT2D eigenvalue weighted by molar-refractivity contribution is -0.109. The lowest BCUT2D eigenvalue weighted by atomic mass is 10.1. The Kier molecular flexibility index (Phi) is 4.89. The van der Waals surface area contributed by atoms with Crippen LogP contribution in [0.2, 0.25) is 5.02 Å². The van der Waals surface area contributed by atoms with E-state index in [1.807, 2.05) is 0 Å². The predicted molar refractivity (Wildman–Crippen MR) is 69.6 cm³/mol. The standard InChI is InChI=1S/C13H15ClFNO3/c1-13(2,3)19-12(18)16-11(7-17)9-5-4-8(14)6-10(9)15/h4-7,11H,1-3H3,(H,16,18). The Bertz CT molecular complexity index is 485. The number of halogens is 2. The SMILES string of the molecule is CC(C)(C)OC(=O)NC(C=O)c1ccc(Cl)cc1F. The Morgan fingerprint density at radius 2 is 2.11 bits per heavy atom. The molecule has 0 heterocycles. The van der Waals surface area contributed by atoms with Crippen LogP contribution < -0.4 is 5.32 Å². The van der Waals surface area contributed by atoms with E-state index in [0.29, 0.717) is 6.29 Å². The van der Waals surface area contributed by atoms with Crippen molar-refractivity contribution < 1.29 is 18.7 Å². The highest BCUT2D eigenvalue weighted by atomic mass is 35.5. The molecule has 0 saturated heterocycles. The second-order valence-electron chi connectivity index (χ2n) is 4.93. The average molecular weight is 288 g/mol. The summed E-state index contributed by atoms with van der Waals surface area (Å²) in [6.45, 7) is 5.06. The quantitative estimate of drug-likeness (QED) is 0.868. The number of amides is 1. The monoisotopic (exact) mass is 287 g/mol. The minimum Gasteiger partial charge on any atom is -0.444 e. The van der Waals surface area contributed by atoms with E-state index in [1.54, 1.807) is 20.8 Å². The lowest BCUT2D eigenvalue weighted by Crippen LogP contribution is -2.35.